The number of aryl methyl sites for hydroxylation is 1. The minimum atomic E-state index is 1.09. The van der Waals surface area contributed by atoms with Crippen LogP contribution in [0.25, 0.3) is 10.8 Å². The Morgan fingerprint density at radius 2 is 1.58 bits per heavy atom. The number of fused-ring (bicyclic) bond motifs is 1. The average Bonchev–Trinajstić information content (AvgIpc) is 2.63. The van der Waals surface area contributed by atoms with Crippen LogP contribution in [0, 0.1) is 0 Å². The smallest absolute Gasteiger partial charge is 0.136 e. The van der Waals surface area contributed by atoms with E-state index in [0.717, 1.165) is 12.2 Å². The van der Waals surface area contributed by atoms with Crippen LogP contribution in [0.1, 0.15) is 63.9 Å². The molecular formula is C22H32OS. The van der Waals surface area contributed by atoms with E-state index in [4.69, 9.17) is 4.74 Å². The Hall–Kier alpha value is -1.15. The van der Waals surface area contributed by atoms with Gasteiger partial charge in [-0.05, 0) is 35.9 Å². The van der Waals surface area contributed by atoms with Crippen LogP contribution in [0.3, 0.4) is 0 Å². The Bertz CT molecular complexity index is 621. The summed E-state index contributed by atoms with van der Waals surface area (Å²) >= 11 is 1.78. The Kier molecular flexibility index (Phi) is 8.52. The maximum absolute atomic E-state index is 5.78. The summed E-state index contributed by atoms with van der Waals surface area (Å²) < 4.78 is 5.78. The number of hydrogen-bond donors (Lipinski definition) is 0. The molecule has 0 amide bonds. The number of methoxy groups -OCH3 is 1. The molecule has 0 bridgehead atoms. The summed E-state index contributed by atoms with van der Waals surface area (Å²) in [5.41, 5.74) is 1.39. The third-order valence-electron chi connectivity index (χ3n) is 4.77. The molecule has 0 aliphatic heterocycles. The minimum Gasteiger partial charge on any atom is -0.495 e. The molecule has 0 fully saturated rings. The van der Waals surface area contributed by atoms with E-state index in [1.54, 1.807) is 18.9 Å². The van der Waals surface area contributed by atoms with Gasteiger partial charge < -0.3 is 4.74 Å². The maximum atomic E-state index is 5.78. The van der Waals surface area contributed by atoms with Gasteiger partial charge in [-0.15, -0.1) is 11.8 Å². The van der Waals surface area contributed by atoms with Crippen molar-refractivity contribution in [3.8, 4) is 5.75 Å². The summed E-state index contributed by atoms with van der Waals surface area (Å²) in [6.07, 6.45) is 14.1. The van der Waals surface area contributed by atoms with Crippen LogP contribution in [-0.2, 0) is 6.42 Å². The molecule has 0 saturated carbocycles. The predicted octanol–water partition coefficient (Wildman–Crippen LogP) is 7.25. The topological polar surface area (TPSA) is 9.23 Å². The molecule has 0 heterocycles. The molecule has 2 aromatic carbocycles. The van der Waals surface area contributed by atoms with Crippen molar-refractivity contribution in [3.05, 3.63) is 35.9 Å². The summed E-state index contributed by atoms with van der Waals surface area (Å²) in [7, 11) is 1.81. The number of ether oxygens (including phenoxy) is 1. The highest BCUT2D eigenvalue weighted by atomic mass is 32.2. The van der Waals surface area contributed by atoms with Crippen LogP contribution in [0.5, 0.6) is 5.75 Å². The van der Waals surface area contributed by atoms with Gasteiger partial charge >= 0.3 is 0 Å². The van der Waals surface area contributed by atoms with Crippen molar-refractivity contribution < 1.29 is 4.74 Å². The molecule has 0 spiro atoms. The first kappa shape index (κ1) is 19.2. The quantitative estimate of drug-likeness (QED) is 0.313. The second kappa shape index (κ2) is 10.7. The Morgan fingerprint density at radius 3 is 2.25 bits per heavy atom. The lowest BCUT2D eigenvalue weighted by atomic mass is 9.98. The molecule has 0 unspecified atom stereocenters. The highest BCUT2D eigenvalue weighted by Gasteiger charge is 2.13. The molecule has 2 heteroatoms. The van der Waals surface area contributed by atoms with Crippen molar-refractivity contribution in [2.75, 3.05) is 13.4 Å². The lowest BCUT2D eigenvalue weighted by Gasteiger charge is -2.16. The van der Waals surface area contributed by atoms with Crippen LogP contribution < -0.4 is 4.74 Å². The standard InChI is InChI=1S/C22H32OS/c1-4-5-6-7-8-9-10-11-16-20-19-15-13-12-14-18(19)17-21(24-3)22(20)23-2/h12-15,17H,4-11,16H2,1-3H3. The first-order valence-corrected chi connectivity index (χ1v) is 10.7. The average molecular weight is 345 g/mol. The molecule has 0 aliphatic rings. The van der Waals surface area contributed by atoms with Crippen LogP contribution in [-0.4, -0.2) is 13.4 Å². The van der Waals surface area contributed by atoms with Gasteiger partial charge in [0.05, 0.1) is 7.11 Å². The lowest BCUT2D eigenvalue weighted by Crippen LogP contribution is -1.97. The van der Waals surface area contributed by atoms with E-state index < -0.39 is 0 Å². The normalized spacial score (nSPS) is 11.1. The zero-order valence-electron chi connectivity index (χ0n) is 15.6. The van der Waals surface area contributed by atoms with Crippen molar-refractivity contribution in [2.45, 2.75) is 69.6 Å². The second-order valence-corrected chi connectivity index (χ2v) is 7.38. The van der Waals surface area contributed by atoms with Crippen LogP contribution in [0.2, 0.25) is 0 Å². The molecule has 0 saturated heterocycles. The fraction of sp³-hybridized carbons (Fsp3) is 0.545. The highest BCUT2D eigenvalue weighted by molar-refractivity contribution is 7.98. The number of unbranched alkanes of at least 4 members (excludes halogenated alkanes) is 7. The SMILES string of the molecule is CCCCCCCCCCc1c(OC)c(SC)cc2ccccc12. The summed E-state index contributed by atoms with van der Waals surface area (Å²) in [4.78, 5) is 1.26. The summed E-state index contributed by atoms with van der Waals surface area (Å²) in [6, 6.07) is 11.0. The first-order chi connectivity index (χ1) is 11.8. The largest absolute Gasteiger partial charge is 0.495 e. The molecule has 0 radical (unpaired) electrons. The first-order valence-electron chi connectivity index (χ1n) is 9.44. The molecule has 2 aromatic rings. The van der Waals surface area contributed by atoms with Crippen molar-refractivity contribution >= 4 is 22.5 Å². The van der Waals surface area contributed by atoms with Crippen LogP contribution in [0.4, 0.5) is 0 Å². The number of rotatable bonds is 11. The minimum absolute atomic E-state index is 1.09. The summed E-state index contributed by atoms with van der Waals surface area (Å²) in [6.45, 7) is 2.28. The van der Waals surface area contributed by atoms with Crippen molar-refractivity contribution in [2.24, 2.45) is 0 Å². The maximum Gasteiger partial charge on any atom is 0.136 e. The zero-order chi connectivity index (χ0) is 17.2. The third kappa shape index (κ3) is 5.17. The van der Waals surface area contributed by atoms with E-state index in [1.807, 2.05) is 0 Å². The van der Waals surface area contributed by atoms with Gasteiger partial charge in [0.2, 0.25) is 0 Å². The highest BCUT2D eigenvalue weighted by Crippen LogP contribution is 2.38. The van der Waals surface area contributed by atoms with Gasteiger partial charge in [0.15, 0.2) is 0 Å². The summed E-state index contributed by atoms with van der Waals surface area (Å²) in [5, 5.41) is 2.69. The Morgan fingerprint density at radius 1 is 0.917 bits per heavy atom. The lowest BCUT2D eigenvalue weighted by molar-refractivity contribution is 0.399. The van der Waals surface area contributed by atoms with Crippen LogP contribution >= 0.6 is 11.8 Å². The predicted molar refractivity (Wildman–Crippen MR) is 109 cm³/mol. The Balaban J connectivity index is 1.99. The number of thioether (sulfide) groups is 1. The molecule has 0 atom stereocenters. The zero-order valence-corrected chi connectivity index (χ0v) is 16.4. The van der Waals surface area contributed by atoms with E-state index in [1.165, 1.54) is 72.6 Å². The van der Waals surface area contributed by atoms with Crippen molar-refractivity contribution in [3.63, 3.8) is 0 Å². The monoisotopic (exact) mass is 344 g/mol. The van der Waals surface area contributed by atoms with Gasteiger partial charge in [0.25, 0.3) is 0 Å². The van der Waals surface area contributed by atoms with E-state index in [-0.39, 0.29) is 0 Å². The van der Waals surface area contributed by atoms with E-state index in [9.17, 15) is 0 Å². The molecule has 24 heavy (non-hydrogen) atoms. The summed E-state index contributed by atoms with van der Waals surface area (Å²) in [5.74, 6) is 1.09. The molecule has 0 aromatic heterocycles. The molecule has 0 N–H and O–H groups in total. The van der Waals surface area contributed by atoms with Gasteiger partial charge in [0.1, 0.15) is 5.75 Å². The van der Waals surface area contributed by atoms with Crippen molar-refractivity contribution in [1.29, 1.82) is 0 Å². The van der Waals surface area contributed by atoms with Crippen molar-refractivity contribution in [1.82, 2.24) is 0 Å². The molecule has 132 valence electrons. The van der Waals surface area contributed by atoms with Gasteiger partial charge in [-0.1, -0.05) is 76.1 Å². The fourth-order valence-corrected chi connectivity index (χ4v) is 4.07. The van der Waals surface area contributed by atoms with Gasteiger partial charge in [-0.2, -0.15) is 0 Å². The van der Waals surface area contributed by atoms with Gasteiger partial charge in [0, 0.05) is 10.5 Å². The van der Waals surface area contributed by atoms with Crippen LogP contribution in [0.15, 0.2) is 35.2 Å². The van der Waals surface area contributed by atoms with E-state index in [0.29, 0.717) is 0 Å². The third-order valence-corrected chi connectivity index (χ3v) is 5.52. The second-order valence-electron chi connectivity index (χ2n) is 6.54. The molecule has 1 nitrogen and oxygen atoms in total. The fourth-order valence-electron chi connectivity index (χ4n) is 3.43. The van der Waals surface area contributed by atoms with Gasteiger partial charge in [-0.25, -0.2) is 0 Å². The van der Waals surface area contributed by atoms with E-state index >= 15 is 0 Å². The van der Waals surface area contributed by atoms with Gasteiger partial charge in [-0.3, -0.25) is 0 Å². The Labute approximate surface area is 152 Å². The molecule has 2 rings (SSSR count). The number of hydrogen-bond acceptors (Lipinski definition) is 2. The molecular weight excluding hydrogens is 312 g/mol. The van der Waals surface area contributed by atoms with E-state index in [2.05, 4.69) is 43.5 Å². The number of benzene rings is 2. The molecule has 0 aliphatic carbocycles.